The minimum Gasteiger partial charge on any atom is -0.351 e. The lowest BCUT2D eigenvalue weighted by atomic mass is 10.1. The average Bonchev–Trinajstić information content (AvgIpc) is 2.77. The van der Waals surface area contributed by atoms with Crippen molar-refractivity contribution in [2.45, 2.75) is 20.8 Å². The van der Waals surface area contributed by atoms with Gasteiger partial charge in [-0.3, -0.25) is 4.79 Å². The van der Waals surface area contributed by atoms with E-state index in [2.05, 4.69) is 58.4 Å². The molecule has 0 unspecified atom stereocenters. The first-order valence-electron chi connectivity index (χ1n) is 10.4. The molecule has 0 spiro atoms. The minimum absolute atomic E-state index is 0.0579. The smallest absolute Gasteiger partial charge is 0.251 e. The van der Waals surface area contributed by atoms with Crippen LogP contribution in [0.4, 0.5) is 11.5 Å². The van der Waals surface area contributed by atoms with Crippen LogP contribution >= 0.6 is 0 Å². The topological polar surface area (TPSA) is 70.2 Å². The fourth-order valence-electron chi connectivity index (χ4n) is 3.21. The molecule has 1 amide bonds. The highest BCUT2D eigenvalue weighted by atomic mass is 16.1. The summed E-state index contributed by atoms with van der Waals surface area (Å²) in [4.78, 5) is 23.3. The number of carbonyl (C=O) groups excluding carboxylic acids is 1. The normalized spacial score (nSPS) is 10.8. The number of aromatic nitrogens is 2. The molecule has 0 aliphatic rings. The number of nitrogens with zero attached hydrogens (tertiary/aromatic N) is 3. The van der Waals surface area contributed by atoms with Crippen LogP contribution in [0.5, 0.6) is 0 Å². The largest absolute Gasteiger partial charge is 0.351 e. The second kappa shape index (κ2) is 10.5. The molecule has 0 aliphatic carbocycles. The molecule has 0 fully saturated rings. The molecule has 0 saturated heterocycles. The van der Waals surface area contributed by atoms with E-state index in [1.807, 2.05) is 42.5 Å². The van der Waals surface area contributed by atoms with Crippen LogP contribution in [-0.4, -0.2) is 47.0 Å². The molecular weight excluding hydrogens is 374 g/mol. The van der Waals surface area contributed by atoms with E-state index in [-0.39, 0.29) is 5.91 Å². The second-order valence-corrected chi connectivity index (χ2v) is 7.14. The molecule has 156 valence electrons. The molecule has 6 nitrogen and oxygen atoms in total. The summed E-state index contributed by atoms with van der Waals surface area (Å²) in [5.74, 6) is 0.649. The Morgan fingerprint density at radius 2 is 1.77 bits per heavy atom. The van der Waals surface area contributed by atoms with E-state index in [4.69, 9.17) is 0 Å². The van der Waals surface area contributed by atoms with Gasteiger partial charge in [-0.15, -0.1) is 0 Å². The van der Waals surface area contributed by atoms with Gasteiger partial charge in [0, 0.05) is 36.0 Å². The van der Waals surface area contributed by atoms with Crippen LogP contribution in [0.15, 0.2) is 60.9 Å². The van der Waals surface area contributed by atoms with Gasteiger partial charge < -0.3 is 15.5 Å². The Hall–Kier alpha value is -3.25. The molecule has 30 heavy (non-hydrogen) atoms. The first-order valence-corrected chi connectivity index (χ1v) is 10.4. The molecule has 0 bridgehead atoms. The SMILES string of the molecule is CCN(CC)CCNC(=O)c1ccc(Nc2cc(-c3cccc(C)c3)ncn2)cc1. The van der Waals surface area contributed by atoms with Crippen molar-refractivity contribution in [3.05, 3.63) is 72.1 Å². The summed E-state index contributed by atoms with van der Waals surface area (Å²) in [5, 5.41) is 6.25. The van der Waals surface area contributed by atoms with Crippen molar-refractivity contribution in [1.29, 1.82) is 0 Å². The van der Waals surface area contributed by atoms with E-state index in [1.54, 1.807) is 6.33 Å². The lowest BCUT2D eigenvalue weighted by Crippen LogP contribution is -2.34. The van der Waals surface area contributed by atoms with Crippen LogP contribution in [-0.2, 0) is 0 Å². The van der Waals surface area contributed by atoms with Gasteiger partial charge in [0.05, 0.1) is 5.69 Å². The van der Waals surface area contributed by atoms with Crippen LogP contribution in [0.3, 0.4) is 0 Å². The fourth-order valence-corrected chi connectivity index (χ4v) is 3.21. The Kier molecular flexibility index (Phi) is 7.51. The van der Waals surface area contributed by atoms with Crippen LogP contribution in [0.25, 0.3) is 11.3 Å². The Labute approximate surface area is 178 Å². The quantitative estimate of drug-likeness (QED) is 0.558. The number of amides is 1. The van der Waals surface area contributed by atoms with Gasteiger partial charge in [-0.2, -0.15) is 0 Å². The Balaban J connectivity index is 1.60. The van der Waals surface area contributed by atoms with Crippen molar-refractivity contribution in [2.75, 3.05) is 31.5 Å². The predicted molar refractivity (Wildman–Crippen MR) is 122 cm³/mol. The monoisotopic (exact) mass is 403 g/mol. The van der Waals surface area contributed by atoms with Gasteiger partial charge in [0.25, 0.3) is 5.91 Å². The fraction of sp³-hybridized carbons (Fsp3) is 0.292. The zero-order valence-electron chi connectivity index (χ0n) is 17.9. The maximum atomic E-state index is 12.3. The van der Waals surface area contributed by atoms with Crippen molar-refractivity contribution in [3.63, 3.8) is 0 Å². The van der Waals surface area contributed by atoms with E-state index in [1.165, 1.54) is 5.56 Å². The first-order chi connectivity index (χ1) is 14.6. The minimum atomic E-state index is -0.0579. The second-order valence-electron chi connectivity index (χ2n) is 7.14. The standard InChI is InChI=1S/C24H29N5O/c1-4-29(5-2)14-13-25-24(30)19-9-11-21(12-10-19)28-23-16-22(26-17-27-23)20-8-6-7-18(3)15-20/h6-12,15-17H,4-5,13-14H2,1-3H3,(H,25,30)(H,26,27,28). The summed E-state index contributed by atoms with van der Waals surface area (Å²) in [6, 6.07) is 17.5. The zero-order valence-corrected chi connectivity index (χ0v) is 17.9. The highest BCUT2D eigenvalue weighted by Crippen LogP contribution is 2.22. The molecule has 1 heterocycles. The van der Waals surface area contributed by atoms with Crippen LogP contribution < -0.4 is 10.6 Å². The third kappa shape index (κ3) is 5.87. The number of likely N-dealkylation sites (N-methyl/N-ethyl adjacent to an activating group) is 1. The maximum absolute atomic E-state index is 12.3. The highest BCUT2D eigenvalue weighted by molar-refractivity contribution is 5.94. The van der Waals surface area contributed by atoms with Crippen molar-refractivity contribution < 1.29 is 4.79 Å². The van der Waals surface area contributed by atoms with E-state index in [0.29, 0.717) is 17.9 Å². The summed E-state index contributed by atoms with van der Waals surface area (Å²) in [5.41, 5.74) is 4.61. The molecule has 2 aromatic carbocycles. The van der Waals surface area contributed by atoms with Gasteiger partial charge in [-0.05, 0) is 50.3 Å². The van der Waals surface area contributed by atoms with Crippen molar-refractivity contribution in [3.8, 4) is 11.3 Å². The van der Waals surface area contributed by atoms with E-state index in [9.17, 15) is 4.79 Å². The van der Waals surface area contributed by atoms with Crippen molar-refractivity contribution >= 4 is 17.4 Å². The summed E-state index contributed by atoms with van der Waals surface area (Å²) in [7, 11) is 0. The lowest BCUT2D eigenvalue weighted by Gasteiger charge is -2.18. The number of carbonyl (C=O) groups is 1. The molecule has 3 aromatic rings. The number of benzene rings is 2. The highest BCUT2D eigenvalue weighted by Gasteiger charge is 2.07. The summed E-state index contributed by atoms with van der Waals surface area (Å²) in [6.45, 7) is 9.78. The maximum Gasteiger partial charge on any atom is 0.251 e. The predicted octanol–water partition coefficient (Wildman–Crippen LogP) is 4.27. The van der Waals surface area contributed by atoms with Crippen LogP contribution in [0.2, 0.25) is 0 Å². The van der Waals surface area contributed by atoms with E-state index >= 15 is 0 Å². The van der Waals surface area contributed by atoms with Gasteiger partial charge in [0.1, 0.15) is 12.1 Å². The van der Waals surface area contributed by atoms with Gasteiger partial charge in [0.2, 0.25) is 0 Å². The number of rotatable bonds is 9. The third-order valence-electron chi connectivity index (χ3n) is 5.01. The zero-order chi connectivity index (χ0) is 21.3. The average molecular weight is 404 g/mol. The van der Waals surface area contributed by atoms with Crippen molar-refractivity contribution in [1.82, 2.24) is 20.2 Å². The summed E-state index contributed by atoms with van der Waals surface area (Å²) in [6.07, 6.45) is 1.55. The molecule has 3 rings (SSSR count). The van der Waals surface area contributed by atoms with Gasteiger partial charge in [-0.1, -0.05) is 37.6 Å². The molecule has 6 heteroatoms. The number of hydrogen-bond acceptors (Lipinski definition) is 5. The Morgan fingerprint density at radius 1 is 1.00 bits per heavy atom. The van der Waals surface area contributed by atoms with E-state index in [0.717, 1.165) is 36.6 Å². The number of hydrogen-bond donors (Lipinski definition) is 2. The number of nitrogens with one attached hydrogen (secondary N) is 2. The molecule has 0 radical (unpaired) electrons. The summed E-state index contributed by atoms with van der Waals surface area (Å²) >= 11 is 0. The van der Waals surface area contributed by atoms with Gasteiger partial charge in [-0.25, -0.2) is 9.97 Å². The molecule has 1 aromatic heterocycles. The number of aryl methyl sites for hydroxylation is 1. The molecule has 0 saturated carbocycles. The van der Waals surface area contributed by atoms with E-state index < -0.39 is 0 Å². The van der Waals surface area contributed by atoms with Gasteiger partial charge in [0.15, 0.2) is 0 Å². The van der Waals surface area contributed by atoms with Gasteiger partial charge >= 0.3 is 0 Å². The Morgan fingerprint density at radius 3 is 2.47 bits per heavy atom. The molecular formula is C24H29N5O. The van der Waals surface area contributed by atoms with Crippen LogP contribution in [0.1, 0.15) is 29.8 Å². The molecule has 0 atom stereocenters. The summed E-state index contributed by atoms with van der Waals surface area (Å²) < 4.78 is 0. The number of anilines is 2. The Bertz CT molecular complexity index is 967. The van der Waals surface area contributed by atoms with Crippen LogP contribution in [0, 0.1) is 6.92 Å². The van der Waals surface area contributed by atoms with Crippen molar-refractivity contribution in [2.24, 2.45) is 0 Å². The lowest BCUT2D eigenvalue weighted by molar-refractivity contribution is 0.0949. The first kappa shape index (κ1) is 21.5. The molecule has 0 aliphatic heterocycles. The third-order valence-corrected chi connectivity index (χ3v) is 5.01. The molecule has 2 N–H and O–H groups in total.